The molecule has 67 heavy (non-hydrogen) atoms. The van der Waals surface area contributed by atoms with Crippen molar-refractivity contribution in [3.63, 3.8) is 0 Å². The summed E-state index contributed by atoms with van der Waals surface area (Å²) in [5.41, 5.74) is 7.29. The number of phosphoric ester groups is 1. The summed E-state index contributed by atoms with van der Waals surface area (Å²) in [6, 6.07) is 3.51. The number of phosphoric acid groups is 1. The predicted molar refractivity (Wildman–Crippen MR) is 246 cm³/mol. The molecule has 1 aromatic heterocycles. The molecule has 1 saturated heterocycles. The van der Waals surface area contributed by atoms with Gasteiger partial charge in [0.1, 0.15) is 30.2 Å². The summed E-state index contributed by atoms with van der Waals surface area (Å²) in [5.74, 6) is -4.91. The lowest BCUT2D eigenvalue weighted by molar-refractivity contribution is -0.140. The molecule has 2 aromatic rings. The van der Waals surface area contributed by atoms with Gasteiger partial charge in [0, 0.05) is 38.5 Å². The second-order valence-electron chi connectivity index (χ2n) is 17.3. The average molecular weight is 965 g/mol. The van der Waals surface area contributed by atoms with Crippen molar-refractivity contribution < 1.29 is 62.2 Å². The van der Waals surface area contributed by atoms with Crippen molar-refractivity contribution in [3.8, 4) is 0 Å². The van der Waals surface area contributed by atoms with E-state index in [1.54, 1.807) is 12.5 Å². The van der Waals surface area contributed by atoms with Gasteiger partial charge in [0.2, 0.25) is 35.4 Å². The van der Waals surface area contributed by atoms with Crippen LogP contribution in [0.2, 0.25) is 0 Å². The molecule has 0 aliphatic carbocycles. The first-order valence-electron chi connectivity index (χ1n) is 23.2. The normalized spacial score (nSPS) is 16.2. The van der Waals surface area contributed by atoms with Gasteiger partial charge in [-0.15, -0.1) is 0 Å². The van der Waals surface area contributed by atoms with E-state index in [9.17, 15) is 48.2 Å². The zero-order chi connectivity index (χ0) is 49.4. The third kappa shape index (κ3) is 21.0. The Morgan fingerprint density at radius 1 is 0.851 bits per heavy atom. The second kappa shape index (κ2) is 29.9. The molecule has 1 aliphatic rings. The number of rotatable bonds is 33. The number of primary amides is 1. The molecule has 22 heteroatoms. The van der Waals surface area contributed by atoms with Crippen LogP contribution in [0.5, 0.6) is 0 Å². The number of benzene rings is 1. The molecule has 6 atom stereocenters. The van der Waals surface area contributed by atoms with E-state index in [-0.39, 0.29) is 37.7 Å². The molecular weight excluding hydrogens is 892 g/mol. The number of aromatic nitrogens is 2. The summed E-state index contributed by atoms with van der Waals surface area (Å²) in [7, 11) is -3.58. The fourth-order valence-electron chi connectivity index (χ4n) is 7.82. The van der Waals surface area contributed by atoms with Gasteiger partial charge in [-0.3, -0.25) is 33.3 Å². The van der Waals surface area contributed by atoms with Crippen molar-refractivity contribution in [1.82, 2.24) is 35.7 Å². The number of likely N-dealkylation sites (tertiary alicyclic amines) is 1. The van der Waals surface area contributed by atoms with Gasteiger partial charge < -0.3 is 60.8 Å². The van der Waals surface area contributed by atoms with E-state index in [0.717, 1.165) is 58.3 Å². The van der Waals surface area contributed by atoms with Crippen molar-refractivity contribution >= 4 is 43.3 Å². The number of aliphatic hydroxyl groups is 1. The molecular formula is C45H73N8O13P. The van der Waals surface area contributed by atoms with Gasteiger partial charge in [0.15, 0.2) is 0 Å². The standard InChI is InChI=1S/C45H73N8O13P/c1-31(2)26-35(49-45(60)38-19-15-22-53(38)39(55)20-23-65-25-24-64-4)42(57)48-36(43(58)50-37(29-54)44(59)51-40(41(46)56)32(3)66-67(61,62)63)27-34-28-47-30-52(34)21-14-9-7-5-6-8-11-16-33-17-12-10-13-18-33/h10,12-13,17-18,28,30-32,35-38,40,54H,5-9,11,14-16,19-27,29H2,1-4H3,(H2,46,56)(H,48,57)(H,49,60)(H,50,58)(H,51,59)(H2,61,62,63)/t32-,35+,36+,37+,38+,40+/m1/s1. The Morgan fingerprint density at radius 2 is 1.49 bits per heavy atom. The van der Waals surface area contributed by atoms with Crippen molar-refractivity contribution in [2.45, 2.75) is 147 Å². The zero-order valence-electron chi connectivity index (χ0n) is 39.3. The molecule has 1 fully saturated rings. The fourth-order valence-corrected chi connectivity index (χ4v) is 8.38. The number of nitrogens with zero attached hydrogens (tertiary/aromatic N) is 3. The number of imidazole rings is 1. The molecule has 0 bridgehead atoms. The van der Waals surface area contributed by atoms with Crippen LogP contribution in [0.25, 0.3) is 0 Å². The van der Waals surface area contributed by atoms with Gasteiger partial charge in [-0.25, -0.2) is 9.55 Å². The van der Waals surface area contributed by atoms with E-state index in [0.29, 0.717) is 44.8 Å². The molecule has 0 saturated carbocycles. The molecule has 376 valence electrons. The number of ether oxygens (including phenoxy) is 2. The van der Waals surface area contributed by atoms with E-state index in [2.05, 4.69) is 55.0 Å². The van der Waals surface area contributed by atoms with E-state index in [1.165, 1.54) is 17.6 Å². The van der Waals surface area contributed by atoms with Crippen LogP contribution in [0, 0.1) is 5.92 Å². The largest absolute Gasteiger partial charge is 0.469 e. The number of methoxy groups -OCH3 is 1. The summed E-state index contributed by atoms with van der Waals surface area (Å²) in [5, 5.41) is 20.3. The first kappa shape index (κ1) is 56.6. The van der Waals surface area contributed by atoms with Crippen LogP contribution in [-0.2, 0) is 66.7 Å². The summed E-state index contributed by atoms with van der Waals surface area (Å²) in [6.07, 6.45) is 11.0. The van der Waals surface area contributed by atoms with Crippen molar-refractivity contribution in [3.05, 3.63) is 54.1 Å². The van der Waals surface area contributed by atoms with Crippen LogP contribution in [0.1, 0.15) is 103 Å². The number of hydrogen-bond donors (Lipinski definition) is 8. The molecule has 1 aromatic carbocycles. The Balaban J connectivity index is 1.75. The van der Waals surface area contributed by atoms with Crippen molar-refractivity contribution in [2.24, 2.45) is 11.7 Å². The highest BCUT2D eigenvalue weighted by molar-refractivity contribution is 7.46. The van der Waals surface area contributed by atoms with E-state index in [1.807, 2.05) is 24.5 Å². The summed E-state index contributed by atoms with van der Waals surface area (Å²) in [6.45, 7) is 5.56. The van der Waals surface area contributed by atoms with Gasteiger partial charge in [-0.2, -0.15) is 0 Å². The Hall–Kier alpha value is -4.76. The molecule has 0 radical (unpaired) electrons. The van der Waals surface area contributed by atoms with Crippen LogP contribution in [0.4, 0.5) is 0 Å². The SMILES string of the molecule is COCCOCCC(=O)N1CCC[C@H]1C(=O)N[C@@H](CC(C)C)C(=O)N[C@@H](Cc1cncn1CCCCCCCCCc1ccccc1)C(=O)N[C@@H](CO)C(=O)N[C@H](C(N)=O)[C@@H](C)OP(=O)(O)O. The van der Waals surface area contributed by atoms with Gasteiger partial charge in [-0.05, 0) is 56.9 Å². The fraction of sp³-hybridized carbons (Fsp3) is 0.667. The summed E-state index contributed by atoms with van der Waals surface area (Å²) in [4.78, 5) is 105. The van der Waals surface area contributed by atoms with Gasteiger partial charge in [-0.1, -0.05) is 76.3 Å². The lowest BCUT2D eigenvalue weighted by Crippen LogP contribution is -2.61. The minimum Gasteiger partial charge on any atom is -0.394 e. The maximum atomic E-state index is 14.2. The van der Waals surface area contributed by atoms with Crippen LogP contribution >= 0.6 is 7.82 Å². The quantitative estimate of drug-likeness (QED) is 0.0371. The Morgan fingerprint density at radius 3 is 2.13 bits per heavy atom. The number of amides is 6. The molecule has 2 heterocycles. The monoisotopic (exact) mass is 965 g/mol. The summed E-state index contributed by atoms with van der Waals surface area (Å²) >= 11 is 0. The number of hydrogen-bond acceptors (Lipinski definition) is 12. The lowest BCUT2D eigenvalue weighted by atomic mass is 10.0. The highest BCUT2D eigenvalue weighted by Crippen LogP contribution is 2.38. The first-order chi connectivity index (χ1) is 31.9. The number of carbonyl (C=O) groups excluding carboxylic acids is 6. The lowest BCUT2D eigenvalue weighted by Gasteiger charge is -2.29. The number of unbranched alkanes of at least 4 members (excludes halogenated alkanes) is 6. The first-order valence-corrected chi connectivity index (χ1v) is 24.7. The van der Waals surface area contributed by atoms with E-state index < -0.39 is 80.3 Å². The molecule has 0 unspecified atom stereocenters. The number of nitrogens with two attached hydrogens (primary N) is 1. The minimum absolute atomic E-state index is 0.0581. The maximum Gasteiger partial charge on any atom is 0.469 e. The molecule has 1 aliphatic heterocycles. The third-order valence-corrected chi connectivity index (χ3v) is 12.0. The van der Waals surface area contributed by atoms with Crippen LogP contribution in [0.3, 0.4) is 0 Å². The highest BCUT2D eigenvalue weighted by Gasteiger charge is 2.38. The maximum absolute atomic E-state index is 14.2. The van der Waals surface area contributed by atoms with E-state index >= 15 is 0 Å². The van der Waals surface area contributed by atoms with E-state index in [4.69, 9.17) is 15.2 Å². The Labute approximate surface area is 393 Å². The molecule has 0 spiro atoms. The van der Waals surface area contributed by atoms with Crippen LogP contribution < -0.4 is 27.0 Å². The molecule has 9 N–H and O–H groups in total. The molecule has 3 rings (SSSR count). The topological polar surface area (TPSA) is 303 Å². The number of aliphatic hydroxyl groups excluding tert-OH is 1. The minimum atomic E-state index is -5.12. The molecule has 21 nitrogen and oxygen atoms in total. The average Bonchev–Trinajstić information content (AvgIpc) is 3.95. The third-order valence-electron chi connectivity index (χ3n) is 11.4. The Kier molecular flexibility index (Phi) is 25.2. The predicted octanol–water partition coefficient (Wildman–Crippen LogP) is 1.40. The second-order valence-corrected chi connectivity index (χ2v) is 18.5. The van der Waals surface area contributed by atoms with Crippen LogP contribution in [0.15, 0.2) is 42.9 Å². The Bertz CT molecular complexity index is 1900. The van der Waals surface area contributed by atoms with Crippen molar-refractivity contribution in [2.75, 3.05) is 40.1 Å². The van der Waals surface area contributed by atoms with Crippen molar-refractivity contribution in [1.29, 1.82) is 0 Å². The highest BCUT2D eigenvalue weighted by atomic mass is 31.2. The smallest absolute Gasteiger partial charge is 0.394 e. The summed E-state index contributed by atoms with van der Waals surface area (Å²) < 4.78 is 28.2. The van der Waals surface area contributed by atoms with Gasteiger partial charge >= 0.3 is 7.82 Å². The van der Waals surface area contributed by atoms with Gasteiger partial charge in [0.05, 0.1) is 45.3 Å². The molecule has 6 amide bonds. The van der Waals surface area contributed by atoms with Gasteiger partial charge in [0.25, 0.3) is 0 Å². The number of carbonyl (C=O) groups is 6. The zero-order valence-corrected chi connectivity index (χ0v) is 40.2. The van der Waals surface area contributed by atoms with Crippen LogP contribution in [-0.4, -0.2) is 141 Å². The number of aryl methyl sites for hydroxylation is 2. The number of nitrogens with one attached hydrogen (secondary N) is 4.